The van der Waals surface area contributed by atoms with Crippen molar-refractivity contribution < 1.29 is 21.6 Å². The maximum absolute atomic E-state index is 11.9. The molecule has 4 nitrogen and oxygen atoms in total. The van der Waals surface area contributed by atoms with Crippen molar-refractivity contribution >= 4 is 21.8 Å². The molecule has 0 heterocycles. The van der Waals surface area contributed by atoms with Crippen LogP contribution >= 0.6 is 11.8 Å². The average molecular weight is 342 g/mol. The smallest absolute Gasteiger partial charge is 0.313 e. The number of alkyl halides is 3. The van der Waals surface area contributed by atoms with Crippen molar-refractivity contribution in [2.45, 2.75) is 23.9 Å². The normalized spacial score (nSPS) is 12.6. The summed E-state index contributed by atoms with van der Waals surface area (Å²) in [6.45, 7) is 3.12. The fraction of sp³-hybridized carbons (Fsp3) is 0.500. The molecule has 0 saturated heterocycles. The fourth-order valence-corrected chi connectivity index (χ4v) is 3.08. The van der Waals surface area contributed by atoms with Gasteiger partial charge in [0.25, 0.3) is 0 Å². The summed E-state index contributed by atoms with van der Waals surface area (Å²) in [6, 6.07) is 6.21. The van der Waals surface area contributed by atoms with Crippen LogP contribution in [-0.2, 0) is 16.6 Å². The molecule has 0 fully saturated rings. The SMILES string of the molecule is CCNCc1ccc(S(=O)(=O)NCCSC(F)(F)F)cc1. The van der Waals surface area contributed by atoms with Crippen LogP contribution in [0.5, 0.6) is 0 Å². The molecule has 1 rings (SSSR count). The molecule has 2 N–H and O–H groups in total. The molecule has 0 aromatic heterocycles. The lowest BCUT2D eigenvalue weighted by molar-refractivity contribution is -0.0327. The van der Waals surface area contributed by atoms with Crippen LogP contribution < -0.4 is 10.0 Å². The van der Waals surface area contributed by atoms with Crippen LogP contribution in [0.4, 0.5) is 13.2 Å². The maximum atomic E-state index is 11.9. The summed E-state index contributed by atoms with van der Waals surface area (Å²) in [4.78, 5) is 0.0414. The lowest BCUT2D eigenvalue weighted by Crippen LogP contribution is -2.26. The molecule has 0 aliphatic heterocycles. The van der Waals surface area contributed by atoms with E-state index in [1.165, 1.54) is 12.1 Å². The summed E-state index contributed by atoms with van der Waals surface area (Å²) in [5, 5.41) is 3.10. The van der Waals surface area contributed by atoms with Gasteiger partial charge in [-0.05, 0) is 36.0 Å². The van der Waals surface area contributed by atoms with Gasteiger partial charge in [-0.1, -0.05) is 19.1 Å². The third kappa shape index (κ3) is 7.16. The standard InChI is InChI=1S/C12H17F3N2O2S2/c1-2-16-9-10-3-5-11(6-4-10)21(18,19)17-7-8-20-12(13,14)15/h3-6,16-17H,2,7-9H2,1H3. The first kappa shape index (κ1) is 18.3. The molecule has 0 unspecified atom stereocenters. The van der Waals surface area contributed by atoms with Crippen LogP contribution in [0, 0.1) is 0 Å². The van der Waals surface area contributed by atoms with Gasteiger partial charge in [0, 0.05) is 18.8 Å². The average Bonchev–Trinajstić information content (AvgIpc) is 2.41. The second-order valence-corrected chi connectivity index (χ2v) is 7.04. The van der Waals surface area contributed by atoms with Crippen molar-refractivity contribution in [3.8, 4) is 0 Å². The summed E-state index contributed by atoms with van der Waals surface area (Å²) in [7, 11) is -3.77. The van der Waals surface area contributed by atoms with Gasteiger partial charge in [0.2, 0.25) is 10.0 Å². The molecule has 0 spiro atoms. The Hall–Kier alpha value is -0.770. The quantitative estimate of drug-likeness (QED) is 0.712. The Kier molecular flexibility index (Phi) is 6.98. The highest BCUT2D eigenvalue weighted by Gasteiger charge is 2.27. The molecule has 0 aliphatic carbocycles. The minimum atomic E-state index is -4.35. The zero-order valence-corrected chi connectivity index (χ0v) is 13.0. The number of rotatable bonds is 8. The fourth-order valence-electron chi connectivity index (χ4n) is 1.48. The highest BCUT2D eigenvalue weighted by atomic mass is 32.2. The molecule has 0 aliphatic rings. The second-order valence-electron chi connectivity index (χ2n) is 4.12. The Morgan fingerprint density at radius 1 is 1.19 bits per heavy atom. The lowest BCUT2D eigenvalue weighted by Gasteiger charge is -2.09. The predicted molar refractivity (Wildman–Crippen MR) is 77.5 cm³/mol. The third-order valence-electron chi connectivity index (χ3n) is 2.47. The van der Waals surface area contributed by atoms with E-state index < -0.39 is 15.5 Å². The molecule has 0 amide bonds. The molecule has 21 heavy (non-hydrogen) atoms. The molecule has 0 radical (unpaired) electrons. The molecule has 0 saturated carbocycles. The van der Waals surface area contributed by atoms with E-state index >= 15 is 0 Å². The first-order valence-corrected chi connectivity index (χ1v) is 8.71. The topological polar surface area (TPSA) is 58.2 Å². The summed E-state index contributed by atoms with van der Waals surface area (Å²) < 4.78 is 61.6. The number of halogens is 3. The zero-order chi connectivity index (χ0) is 15.9. The van der Waals surface area contributed by atoms with Crippen LogP contribution in [0.1, 0.15) is 12.5 Å². The predicted octanol–water partition coefficient (Wildman–Crippen LogP) is 2.33. The highest BCUT2D eigenvalue weighted by Crippen LogP contribution is 2.29. The summed E-state index contributed by atoms with van der Waals surface area (Å²) in [5.74, 6) is -0.360. The van der Waals surface area contributed by atoms with E-state index in [1.807, 2.05) is 6.92 Å². The van der Waals surface area contributed by atoms with Gasteiger partial charge < -0.3 is 5.32 Å². The van der Waals surface area contributed by atoms with Gasteiger partial charge in [-0.3, -0.25) is 0 Å². The van der Waals surface area contributed by atoms with Crippen molar-refractivity contribution in [2.75, 3.05) is 18.8 Å². The Morgan fingerprint density at radius 3 is 2.33 bits per heavy atom. The number of sulfonamides is 1. The minimum absolute atomic E-state index is 0.0414. The Balaban J connectivity index is 2.54. The van der Waals surface area contributed by atoms with Gasteiger partial charge in [-0.2, -0.15) is 13.2 Å². The van der Waals surface area contributed by atoms with Crippen molar-refractivity contribution in [1.82, 2.24) is 10.0 Å². The maximum Gasteiger partial charge on any atom is 0.441 e. The van der Waals surface area contributed by atoms with E-state index in [4.69, 9.17) is 0 Å². The van der Waals surface area contributed by atoms with Crippen LogP contribution in [0.25, 0.3) is 0 Å². The monoisotopic (exact) mass is 342 g/mol. The Bertz CT molecular complexity index is 530. The van der Waals surface area contributed by atoms with Crippen LogP contribution in [0.15, 0.2) is 29.2 Å². The van der Waals surface area contributed by atoms with Crippen molar-refractivity contribution in [3.63, 3.8) is 0 Å². The van der Waals surface area contributed by atoms with E-state index in [9.17, 15) is 21.6 Å². The summed E-state index contributed by atoms with van der Waals surface area (Å²) in [6.07, 6.45) is 0. The second kappa shape index (κ2) is 8.02. The molecular formula is C12H17F3N2O2S2. The van der Waals surface area contributed by atoms with Crippen molar-refractivity contribution in [2.24, 2.45) is 0 Å². The minimum Gasteiger partial charge on any atom is -0.313 e. The van der Waals surface area contributed by atoms with Crippen LogP contribution in [0.3, 0.4) is 0 Å². The number of hydrogen-bond donors (Lipinski definition) is 2. The highest BCUT2D eigenvalue weighted by molar-refractivity contribution is 8.00. The molecule has 1 aromatic rings. The lowest BCUT2D eigenvalue weighted by atomic mass is 10.2. The van der Waals surface area contributed by atoms with Crippen LogP contribution in [-0.4, -0.2) is 32.8 Å². The van der Waals surface area contributed by atoms with Crippen molar-refractivity contribution in [3.05, 3.63) is 29.8 Å². The third-order valence-corrected chi connectivity index (χ3v) is 4.69. The molecule has 120 valence electrons. The first-order chi connectivity index (χ1) is 9.74. The summed E-state index contributed by atoms with van der Waals surface area (Å²) >= 11 is -0.254. The first-order valence-electron chi connectivity index (χ1n) is 6.24. The number of benzene rings is 1. The number of thioether (sulfide) groups is 1. The largest absolute Gasteiger partial charge is 0.441 e. The van der Waals surface area contributed by atoms with E-state index in [2.05, 4.69) is 10.0 Å². The van der Waals surface area contributed by atoms with Crippen molar-refractivity contribution in [1.29, 1.82) is 0 Å². The van der Waals surface area contributed by atoms with Gasteiger partial charge in [0.15, 0.2) is 0 Å². The van der Waals surface area contributed by atoms with Gasteiger partial charge in [-0.15, -0.1) is 0 Å². The van der Waals surface area contributed by atoms with Gasteiger partial charge in [-0.25, -0.2) is 13.1 Å². The molecule has 0 bridgehead atoms. The Labute approximate surface area is 126 Å². The molecule has 9 heteroatoms. The molecule has 1 aromatic carbocycles. The summed E-state index contributed by atoms with van der Waals surface area (Å²) in [5.41, 5.74) is -3.41. The molecule has 0 atom stereocenters. The Morgan fingerprint density at radius 2 is 1.81 bits per heavy atom. The van der Waals surface area contributed by atoms with E-state index in [0.717, 1.165) is 12.1 Å². The van der Waals surface area contributed by atoms with Crippen LogP contribution in [0.2, 0.25) is 0 Å². The van der Waals surface area contributed by atoms with Gasteiger partial charge in [0.05, 0.1) is 4.90 Å². The van der Waals surface area contributed by atoms with E-state index in [-0.39, 0.29) is 29.0 Å². The zero-order valence-electron chi connectivity index (χ0n) is 11.4. The number of hydrogen-bond acceptors (Lipinski definition) is 4. The molecular weight excluding hydrogens is 325 g/mol. The van der Waals surface area contributed by atoms with E-state index in [0.29, 0.717) is 6.54 Å². The van der Waals surface area contributed by atoms with Gasteiger partial charge >= 0.3 is 5.51 Å². The van der Waals surface area contributed by atoms with E-state index in [1.54, 1.807) is 12.1 Å². The van der Waals surface area contributed by atoms with Gasteiger partial charge in [0.1, 0.15) is 0 Å². The number of nitrogens with one attached hydrogen (secondary N) is 2.